The van der Waals surface area contributed by atoms with Gasteiger partial charge in [-0.25, -0.2) is 0 Å². The van der Waals surface area contributed by atoms with Gasteiger partial charge in [0.25, 0.3) is 0 Å². The van der Waals surface area contributed by atoms with Crippen LogP contribution in [0.4, 0.5) is 0 Å². The van der Waals surface area contributed by atoms with Crippen molar-refractivity contribution in [2.24, 2.45) is 0 Å². The Balaban J connectivity index is 3.05. The number of hydrogen-bond acceptors (Lipinski definition) is 0. The van der Waals surface area contributed by atoms with Crippen molar-refractivity contribution in [2.75, 3.05) is 0 Å². The van der Waals surface area contributed by atoms with Crippen LogP contribution in [0.25, 0.3) is 0 Å². The second kappa shape index (κ2) is 26.6. The molecular formula is C28H54. The summed E-state index contributed by atoms with van der Waals surface area (Å²) in [5.74, 6) is 6.75. The van der Waals surface area contributed by atoms with Crippen LogP contribution in [0.1, 0.15) is 168 Å². The second-order valence-corrected chi connectivity index (χ2v) is 8.92. The molecule has 0 spiro atoms. The monoisotopic (exact) mass is 390 g/mol. The van der Waals surface area contributed by atoms with Gasteiger partial charge in [-0.1, -0.05) is 142 Å². The van der Waals surface area contributed by atoms with Crippen molar-refractivity contribution in [3.63, 3.8) is 0 Å². The highest BCUT2D eigenvalue weighted by molar-refractivity contribution is 4.98. The third kappa shape index (κ3) is 25.6. The van der Waals surface area contributed by atoms with Gasteiger partial charge < -0.3 is 0 Å². The molecule has 0 aliphatic carbocycles. The summed E-state index contributed by atoms with van der Waals surface area (Å²) in [6, 6.07) is 0. The maximum Gasteiger partial charge on any atom is 0.00886 e. The van der Waals surface area contributed by atoms with Crippen LogP contribution in [0, 0.1) is 11.8 Å². The van der Waals surface area contributed by atoms with Crippen LogP contribution in [0.15, 0.2) is 0 Å². The van der Waals surface area contributed by atoms with Crippen LogP contribution in [0.2, 0.25) is 0 Å². The van der Waals surface area contributed by atoms with E-state index >= 15 is 0 Å². The maximum atomic E-state index is 3.38. The van der Waals surface area contributed by atoms with Crippen molar-refractivity contribution in [1.82, 2.24) is 0 Å². The highest BCUT2D eigenvalue weighted by atomic mass is 14.0. The van der Waals surface area contributed by atoms with Gasteiger partial charge in [-0.15, -0.1) is 11.8 Å². The van der Waals surface area contributed by atoms with Gasteiger partial charge in [-0.2, -0.15) is 0 Å². The molecule has 28 heavy (non-hydrogen) atoms. The predicted octanol–water partition coefficient (Wildman–Crippen LogP) is 10.4. The van der Waals surface area contributed by atoms with Gasteiger partial charge in [0, 0.05) is 12.8 Å². The van der Waals surface area contributed by atoms with E-state index in [1.165, 1.54) is 141 Å². The molecule has 0 aliphatic rings. The van der Waals surface area contributed by atoms with Gasteiger partial charge in [0.1, 0.15) is 0 Å². The van der Waals surface area contributed by atoms with Crippen molar-refractivity contribution in [3.8, 4) is 11.8 Å². The summed E-state index contributed by atoms with van der Waals surface area (Å²) in [5, 5.41) is 0. The molecule has 0 atom stereocenters. The summed E-state index contributed by atoms with van der Waals surface area (Å²) in [6.45, 7) is 4.58. The van der Waals surface area contributed by atoms with Crippen LogP contribution in [0.3, 0.4) is 0 Å². The fraction of sp³-hybridized carbons (Fsp3) is 0.929. The van der Waals surface area contributed by atoms with Gasteiger partial charge >= 0.3 is 0 Å². The van der Waals surface area contributed by atoms with E-state index in [1.54, 1.807) is 0 Å². The third-order valence-corrected chi connectivity index (χ3v) is 5.94. The molecule has 0 unspecified atom stereocenters. The lowest BCUT2D eigenvalue weighted by Crippen LogP contribution is -1.83. The summed E-state index contributed by atoms with van der Waals surface area (Å²) in [6.07, 6.45) is 33.7. The van der Waals surface area contributed by atoms with E-state index in [0.717, 1.165) is 12.8 Å². The van der Waals surface area contributed by atoms with Crippen LogP contribution in [-0.2, 0) is 0 Å². The topological polar surface area (TPSA) is 0 Å². The van der Waals surface area contributed by atoms with Crippen LogP contribution >= 0.6 is 0 Å². The first-order chi connectivity index (χ1) is 13.9. The number of rotatable bonds is 22. The first kappa shape index (κ1) is 27.6. The van der Waals surface area contributed by atoms with E-state index in [2.05, 4.69) is 25.7 Å². The number of unbranched alkanes of at least 4 members (excludes halogenated alkanes) is 22. The molecule has 0 heteroatoms. The Morgan fingerprint density at radius 1 is 0.286 bits per heavy atom. The Bertz CT molecular complexity index is 319. The number of hydrogen-bond donors (Lipinski definition) is 0. The molecule has 0 aliphatic heterocycles. The van der Waals surface area contributed by atoms with Crippen molar-refractivity contribution in [3.05, 3.63) is 0 Å². The molecule has 0 radical (unpaired) electrons. The van der Waals surface area contributed by atoms with Crippen molar-refractivity contribution in [1.29, 1.82) is 0 Å². The zero-order valence-corrected chi connectivity index (χ0v) is 20.0. The average molecular weight is 391 g/mol. The Labute approximate surface area is 180 Å². The summed E-state index contributed by atoms with van der Waals surface area (Å²) >= 11 is 0. The van der Waals surface area contributed by atoms with Crippen LogP contribution < -0.4 is 0 Å². The van der Waals surface area contributed by atoms with E-state index in [9.17, 15) is 0 Å². The summed E-state index contributed by atoms with van der Waals surface area (Å²) in [4.78, 5) is 0. The van der Waals surface area contributed by atoms with E-state index < -0.39 is 0 Å². The molecule has 0 heterocycles. The fourth-order valence-corrected chi connectivity index (χ4v) is 3.93. The molecule has 0 bridgehead atoms. The van der Waals surface area contributed by atoms with Crippen LogP contribution in [0.5, 0.6) is 0 Å². The summed E-state index contributed by atoms with van der Waals surface area (Å²) in [5.41, 5.74) is 0. The minimum atomic E-state index is 1.13. The SMILES string of the molecule is CCCCCCCC#CCCCCCCCCCCCCCCCCCCC. The minimum Gasteiger partial charge on any atom is -0.103 e. The lowest BCUT2D eigenvalue weighted by Gasteiger charge is -2.03. The molecule has 0 nitrogen and oxygen atoms in total. The lowest BCUT2D eigenvalue weighted by molar-refractivity contribution is 0.528. The average Bonchev–Trinajstić information content (AvgIpc) is 2.71. The molecule has 0 fully saturated rings. The quantitative estimate of drug-likeness (QED) is 0.127. The van der Waals surface area contributed by atoms with E-state index in [1.807, 2.05) is 0 Å². The highest BCUT2D eigenvalue weighted by Crippen LogP contribution is 2.14. The minimum absolute atomic E-state index is 1.13. The van der Waals surface area contributed by atoms with E-state index in [0.29, 0.717) is 0 Å². The van der Waals surface area contributed by atoms with Gasteiger partial charge in [0.15, 0.2) is 0 Å². The first-order valence-electron chi connectivity index (χ1n) is 13.4. The summed E-state index contributed by atoms with van der Waals surface area (Å²) in [7, 11) is 0. The molecule has 0 N–H and O–H groups in total. The molecule has 0 aromatic carbocycles. The Morgan fingerprint density at radius 2 is 0.500 bits per heavy atom. The lowest BCUT2D eigenvalue weighted by atomic mass is 10.0. The Kier molecular flexibility index (Phi) is 26.1. The predicted molar refractivity (Wildman–Crippen MR) is 130 cm³/mol. The molecule has 0 aromatic heterocycles. The van der Waals surface area contributed by atoms with Gasteiger partial charge in [0.2, 0.25) is 0 Å². The molecule has 0 saturated carbocycles. The zero-order chi connectivity index (χ0) is 20.4. The van der Waals surface area contributed by atoms with E-state index in [4.69, 9.17) is 0 Å². The van der Waals surface area contributed by atoms with Crippen LogP contribution in [-0.4, -0.2) is 0 Å². The van der Waals surface area contributed by atoms with Crippen molar-refractivity contribution in [2.45, 2.75) is 168 Å². The third-order valence-electron chi connectivity index (χ3n) is 5.94. The standard InChI is InChI=1S/C28H54/c1-3-5-7-9-11-13-15-17-19-21-23-25-27-28-26-24-22-20-18-16-14-12-10-8-6-4-2/h3-15,17,19-28H2,1-2H3. The van der Waals surface area contributed by atoms with E-state index in [-0.39, 0.29) is 0 Å². The molecule has 0 saturated heterocycles. The zero-order valence-electron chi connectivity index (χ0n) is 20.0. The first-order valence-corrected chi connectivity index (χ1v) is 13.4. The van der Waals surface area contributed by atoms with Gasteiger partial charge in [0.05, 0.1) is 0 Å². The molecule has 0 aromatic rings. The maximum absolute atomic E-state index is 3.38. The molecule has 166 valence electrons. The largest absolute Gasteiger partial charge is 0.103 e. The second-order valence-electron chi connectivity index (χ2n) is 8.92. The molecule has 0 amide bonds. The smallest absolute Gasteiger partial charge is 0.00886 e. The molecular weight excluding hydrogens is 336 g/mol. The molecule has 0 rings (SSSR count). The normalized spacial score (nSPS) is 10.8. The fourth-order valence-electron chi connectivity index (χ4n) is 3.93. The Morgan fingerprint density at radius 3 is 0.750 bits per heavy atom. The van der Waals surface area contributed by atoms with Gasteiger partial charge in [-0.3, -0.25) is 0 Å². The Hall–Kier alpha value is -0.440. The van der Waals surface area contributed by atoms with Gasteiger partial charge in [-0.05, 0) is 12.8 Å². The van der Waals surface area contributed by atoms with Crippen molar-refractivity contribution < 1.29 is 0 Å². The van der Waals surface area contributed by atoms with Crippen molar-refractivity contribution >= 4 is 0 Å². The summed E-state index contributed by atoms with van der Waals surface area (Å²) < 4.78 is 0. The highest BCUT2D eigenvalue weighted by Gasteiger charge is 1.94.